The topological polar surface area (TPSA) is 12.9 Å². The van der Waals surface area contributed by atoms with Crippen LogP contribution >= 0.6 is 34.2 Å². The molecule has 0 saturated carbocycles. The summed E-state index contributed by atoms with van der Waals surface area (Å²) in [4.78, 5) is 3.64. The van der Waals surface area contributed by atoms with E-state index in [9.17, 15) is 8.78 Å². The van der Waals surface area contributed by atoms with Crippen molar-refractivity contribution >= 4 is 34.2 Å². The predicted molar refractivity (Wildman–Crippen MR) is 51.7 cm³/mol. The second-order valence-corrected chi connectivity index (χ2v) is 3.67. The Kier molecular flexibility index (Phi) is 3.22. The van der Waals surface area contributed by atoms with Crippen LogP contribution in [0.1, 0.15) is 17.7 Å². The summed E-state index contributed by atoms with van der Waals surface area (Å²) in [5.41, 5.74) is 0.410. The van der Waals surface area contributed by atoms with E-state index in [1.54, 1.807) is 6.92 Å². The number of hydrogen-bond donors (Lipinski definition) is 0. The lowest BCUT2D eigenvalue weighted by atomic mass is 10.2. The highest BCUT2D eigenvalue weighted by atomic mass is 127. The van der Waals surface area contributed by atoms with Crippen LogP contribution < -0.4 is 0 Å². The molecule has 1 nitrogen and oxygen atoms in total. The first-order valence-electron chi connectivity index (χ1n) is 3.13. The summed E-state index contributed by atoms with van der Waals surface area (Å²) in [6.45, 7) is 1.68. The standard InChI is InChI=1S/C7H5ClF2IN/c1-3-2-4(6(9)10)12-7(11)5(3)8/h2,6H,1H3. The lowest BCUT2D eigenvalue weighted by molar-refractivity contribution is 0.146. The normalized spacial score (nSPS) is 10.8. The third-order valence-electron chi connectivity index (χ3n) is 1.34. The van der Waals surface area contributed by atoms with Gasteiger partial charge in [0.05, 0.1) is 5.02 Å². The molecule has 5 heteroatoms. The third kappa shape index (κ3) is 2.04. The van der Waals surface area contributed by atoms with Crippen LogP contribution in [0.15, 0.2) is 6.07 Å². The van der Waals surface area contributed by atoms with E-state index in [0.717, 1.165) is 0 Å². The number of aromatic nitrogens is 1. The zero-order chi connectivity index (χ0) is 9.30. The minimum Gasteiger partial charge on any atom is -0.239 e. The van der Waals surface area contributed by atoms with E-state index in [2.05, 4.69) is 4.98 Å². The summed E-state index contributed by atoms with van der Waals surface area (Å²) in [6, 6.07) is 1.30. The monoisotopic (exact) mass is 303 g/mol. The average Bonchev–Trinajstić information content (AvgIpc) is 1.99. The van der Waals surface area contributed by atoms with Crippen molar-refractivity contribution in [2.24, 2.45) is 0 Å². The van der Waals surface area contributed by atoms with Gasteiger partial charge in [-0.1, -0.05) is 11.6 Å². The fraction of sp³-hybridized carbons (Fsp3) is 0.286. The van der Waals surface area contributed by atoms with Crippen molar-refractivity contribution in [2.45, 2.75) is 13.3 Å². The molecule has 0 fully saturated rings. The van der Waals surface area contributed by atoms with Crippen LogP contribution in [-0.4, -0.2) is 4.98 Å². The van der Waals surface area contributed by atoms with E-state index in [1.165, 1.54) is 6.07 Å². The Labute approximate surface area is 87.3 Å². The number of nitrogens with zero attached hydrogens (tertiary/aromatic N) is 1. The molecule has 66 valence electrons. The summed E-state index contributed by atoms with van der Waals surface area (Å²) in [5, 5.41) is 0.444. The van der Waals surface area contributed by atoms with Gasteiger partial charge in [0.2, 0.25) is 0 Å². The van der Waals surface area contributed by atoms with Gasteiger partial charge in [0.15, 0.2) is 0 Å². The van der Waals surface area contributed by atoms with Crippen LogP contribution in [-0.2, 0) is 0 Å². The summed E-state index contributed by atoms with van der Waals surface area (Å²) >= 11 is 7.57. The molecule has 1 rings (SSSR count). The highest BCUT2D eigenvalue weighted by Gasteiger charge is 2.12. The molecule has 0 spiro atoms. The van der Waals surface area contributed by atoms with Gasteiger partial charge in [0.1, 0.15) is 9.39 Å². The Hall–Kier alpha value is 0.0300. The first-order valence-corrected chi connectivity index (χ1v) is 4.58. The van der Waals surface area contributed by atoms with Crippen LogP contribution in [0.5, 0.6) is 0 Å². The summed E-state index contributed by atoms with van der Waals surface area (Å²) in [5.74, 6) is 0. The van der Waals surface area contributed by atoms with E-state index in [-0.39, 0.29) is 5.69 Å². The maximum atomic E-state index is 12.1. The highest BCUT2D eigenvalue weighted by molar-refractivity contribution is 14.1. The Morgan fingerprint density at radius 2 is 2.17 bits per heavy atom. The van der Waals surface area contributed by atoms with E-state index in [0.29, 0.717) is 14.3 Å². The Balaban J connectivity index is 3.21. The highest BCUT2D eigenvalue weighted by Crippen LogP contribution is 2.25. The van der Waals surface area contributed by atoms with Crippen molar-refractivity contribution in [1.82, 2.24) is 4.98 Å². The molecule has 0 aromatic carbocycles. The summed E-state index contributed by atoms with van der Waals surface area (Å²) < 4.78 is 24.7. The number of pyridine rings is 1. The van der Waals surface area contributed by atoms with Gasteiger partial charge in [-0.2, -0.15) is 0 Å². The molecule has 0 atom stereocenters. The van der Waals surface area contributed by atoms with Crippen molar-refractivity contribution < 1.29 is 8.78 Å². The number of aryl methyl sites for hydroxylation is 1. The molecule has 0 bridgehead atoms. The van der Waals surface area contributed by atoms with Crippen LogP contribution in [0.3, 0.4) is 0 Å². The number of halogens is 4. The van der Waals surface area contributed by atoms with Crippen molar-refractivity contribution in [3.8, 4) is 0 Å². The summed E-state index contributed by atoms with van der Waals surface area (Å²) in [6.07, 6.45) is -2.53. The Morgan fingerprint density at radius 1 is 1.58 bits per heavy atom. The molecule has 0 radical (unpaired) electrons. The van der Waals surface area contributed by atoms with Gasteiger partial charge < -0.3 is 0 Å². The minimum atomic E-state index is -2.53. The van der Waals surface area contributed by atoms with Gasteiger partial charge in [-0.05, 0) is 41.1 Å². The second-order valence-electron chi connectivity index (χ2n) is 2.27. The van der Waals surface area contributed by atoms with Gasteiger partial charge in [0, 0.05) is 0 Å². The Bertz CT molecular complexity index is 280. The van der Waals surface area contributed by atoms with E-state index in [4.69, 9.17) is 11.6 Å². The maximum Gasteiger partial charge on any atom is 0.280 e. The molecule has 1 aromatic rings. The van der Waals surface area contributed by atoms with Crippen LogP contribution in [0, 0.1) is 10.6 Å². The molecule has 0 aliphatic heterocycles. The smallest absolute Gasteiger partial charge is 0.239 e. The zero-order valence-electron chi connectivity index (χ0n) is 6.11. The molecule has 12 heavy (non-hydrogen) atoms. The lowest BCUT2D eigenvalue weighted by Crippen LogP contribution is -1.95. The number of hydrogen-bond acceptors (Lipinski definition) is 1. The molecular formula is C7H5ClF2IN. The molecule has 0 unspecified atom stereocenters. The van der Waals surface area contributed by atoms with Gasteiger partial charge in [0.25, 0.3) is 6.43 Å². The average molecular weight is 303 g/mol. The predicted octanol–water partition coefficient (Wildman–Crippen LogP) is 3.59. The van der Waals surface area contributed by atoms with Gasteiger partial charge in [-0.15, -0.1) is 0 Å². The van der Waals surface area contributed by atoms with Crippen LogP contribution in [0.25, 0.3) is 0 Å². The summed E-state index contributed by atoms with van der Waals surface area (Å²) in [7, 11) is 0. The number of alkyl halides is 2. The fourth-order valence-electron chi connectivity index (χ4n) is 0.754. The molecule has 1 heterocycles. The zero-order valence-corrected chi connectivity index (χ0v) is 9.03. The van der Waals surface area contributed by atoms with Gasteiger partial charge in [-0.25, -0.2) is 13.8 Å². The van der Waals surface area contributed by atoms with Crippen molar-refractivity contribution in [3.63, 3.8) is 0 Å². The van der Waals surface area contributed by atoms with Crippen LogP contribution in [0.2, 0.25) is 5.02 Å². The molecule has 0 aliphatic rings. The van der Waals surface area contributed by atoms with Gasteiger partial charge in [-0.3, -0.25) is 0 Å². The molecular weight excluding hydrogens is 298 g/mol. The fourth-order valence-corrected chi connectivity index (χ4v) is 1.56. The quantitative estimate of drug-likeness (QED) is 0.571. The Morgan fingerprint density at radius 3 is 2.58 bits per heavy atom. The lowest BCUT2D eigenvalue weighted by Gasteiger charge is -2.03. The van der Waals surface area contributed by atoms with Crippen molar-refractivity contribution in [1.29, 1.82) is 0 Å². The molecule has 0 N–H and O–H groups in total. The maximum absolute atomic E-state index is 12.1. The van der Waals surface area contributed by atoms with Gasteiger partial charge >= 0.3 is 0 Å². The molecule has 0 aliphatic carbocycles. The first kappa shape index (κ1) is 10.1. The van der Waals surface area contributed by atoms with E-state index in [1.807, 2.05) is 22.6 Å². The largest absolute Gasteiger partial charge is 0.280 e. The number of rotatable bonds is 1. The third-order valence-corrected chi connectivity index (χ3v) is 2.92. The van der Waals surface area contributed by atoms with E-state index < -0.39 is 6.43 Å². The van der Waals surface area contributed by atoms with Crippen LogP contribution in [0.4, 0.5) is 8.78 Å². The minimum absolute atomic E-state index is 0.221. The van der Waals surface area contributed by atoms with E-state index >= 15 is 0 Å². The van der Waals surface area contributed by atoms with Crippen molar-refractivity contribution in [2.75, 3.05) is 0 Å². The molecule has 0 amide bonds. The first-order chi connectivity index (χ1) is 5.52. The second kappa shape index (κ2) is 3.83. The van der Waals surface area contributed by atoms with Crippen molar-refractivity contribution in [3.05, 3.63) is 26.0 Å². The molecule has 1 aromatic heterocycles. The molecule has 0 saturated heterocycles. The SMILES string of the molecule is Cc1cc(C(F)F)nc(I)c1Cl.